The Bertz CT molecular complexity index is 519. The lowest BCUT2D eigenvalue weighted by molar-refractivity contribution is 0.460. The van der Waals surface area contributed by atoms with Crippen molar-refractivity contribution in [2.45, 2.75) is 32.4 Å². The van der Waals surface area contributed by atoms with Crippen molar-refractivity contribution in [3.05, 3.63) is 52.8 Å². The molecule has 0 radical (unpaired) electrons. The summed E-state index contributed by atoms with van der Waals surface area (Å²) < 4.78 is 1.99. The van der Waals surface area contributed by atoms with Gasteiger partial charge in [-0.3, -0.25) is 4.68 Å². The molecule has 1 atom stereocenters. The van der Waals surface area contributed by atoms with Gasteiger partial charge in [0.05, 0.1) is 23.0 Å². The van der Waals surface area contributed by atoms with Crippen molar-refractivity contribution in [2.75, 3.05) is 7.05 Å². The molecule has 0 aliphatic rings. The van der Waals surface area contributed by atoms with E-state index in [9.17, 15) is 0 Å². The number of aromatic nitrogens is 2. The van der Waals surface area contributed by atoms with Crippen LogP contribution in [-0.2, 0) is 6.42 Å². The smallest absolute Gasteiger partial charge is 0.0834 e. The molecule has 102 valence electrons. The van der Waals surface area contributed by atoms with Crippen LogP contribution in [0.5, 0.6) is 0 Å². The highest BCUT2D eigenvalue weighted by molar-refractivity contribution is 6.31. The van der Waals surface area contributed by atoms with Crippen LogP contribution in [0, 0.1) is 0 Å². The van der Waals surface area contributed by atoms with Crippen LogP contribution in [0.3, 0.4) is 0 Å². The fourth-order valence-corrected chi connectivity index (χ4v) is 2.54. The van der Waals surface area contributed by atoms with Gasteiger partial charge in [-0.05, 0) is 32.9 Å². The van der Waals surface area contributed by atoms with Gasteiger partial charge in [-0.2, -0.15) is 5.10 Å². The number of likely N-dealkylation sites (N-methyl/N-ethyl adjacent to an activating group) is 1. The Labute approximate surface area is 119 Å². The Morgan fingerprint density at radius 3 is 2.53 bits per heavy atom. The number of nitrogens with zero attached hydrogens (tertiary/aromatic N) is 2. The largest absolute Gasteiger partial charge is 0.311 e. The van der Waals surface area contributed by atoms with Crippen LogP contribution < -0.4 is 5.32 Å². The van der Waals surface area contributed by atoms with Crippen molar-refractivity contribution in [1.82, 2.24) is 15.1 Å². The summed E-state index contributed by atoms with van der Waals surface area (Å²) in [6, 6.07) is 10.9. The second kappa shape index (κ2) is 6.22. The third kappa shape index (κ3) is 3.17. The zero-order valence-electron chi connectivity index (χ0n) is 11.6. The first-order valence-corrected chi connectivity index (χ1v) is 6.95. The van der Waals surface area contributed by atoms with Gasteiger partial charge in [-0.15, -0.1) is 0 Å². The van der Waals surface area contributed by atoms with Crippen LogP contribution in [0.15, 0.2) is 36.5 Å². The highest BCUT2D eigenvalue weighted by Crippen LogP contribution is 2.27. The second-order valence-corrected chi connectivity index (χ2v) is 5.35. The van der Waals surface area contributed by atoms with E-state index in [2.05, 4.69) is 48.5 Å². The van der Waals surface area contributed by atoms with Crippen molar-refractivity contribution < 1.29 is 0 Å². The second-order valence-electron chi connectivity index (χ2n) is 4.95. The average molecular weight is 278 g/mol. The lowest BCUT2D eigenvalue weighted by atomic mass is 10.0. The number of hydrogen-bond donors (Lipinski definition) is 1. The number of halogens is 1. The molecule has 0 aliphatic heterocycles. The first-order valence-electron chi connectivity index (χ1n) is 6.57. The maximum Gasteiger partial charge on any atom is 0.0834 e. The van der Waals surface area contributed by atoms with Crippen LogP contribution in [0.4, 0.5) is 0 Å². The predicted octanol–water partition coefficient (Wildman–Crippen LogP) is 3.62. The monoisotopic (exact) mass is 277 g/mol. The third-order valence-corrected chi connectivity index (χ3v) is 3.53. The topological polar surface area (TPSA) is 29.9 Å². The molecule has 1 aromatic heterocycles. The predicted molar refractivity (Wildman–Crippen MR) is 79.6 cm³/mol. The molecule has 4 heteroatoms. The summed E-state index contributed by atoms with van der Waals surface area (Å²) >= 11 is 6.31. The van der Waals surface area contributed by atoms with Crippen molar-refractivity contribution in [3.63, 3.8) is 0 Å². The highest BCUT2D eigenvalue weighted by Gasteiger charge is 2.20. The van der Waals surface area contributed by atoms with Gasteiger partial charge in [0, 0.05) is 6.04 Å². The number of hydrogen-bond acceptors (Lipinski definition) is 2. The maximum atomic E-state index is 6.31. The molecular formula is C15H20ClN3. The van der Waals surface area contributed by atoms with Gasteiger partial charge in [0.2, 0.25) is 0 Å². The van der Waals surface area contributed by atoms with Gasteiger partial charge in [0.1, 0.15) is 0 Å². The molecule has 1 aromatic carbocycles. The van der Waals surface area contributed by atoms with Crippen LogP contribution in [0.2, 0.25) is 5.02 Å². The Morgan fingerprint density at radius 2 is 1.95 bits per heavy atom. The van der Waals surface area contributed by atoms with E-state index in [4.69, 9.17) is 11.6 Å². The van der Waals surface area contributed by atoms with Crippen LogP contribution in [0.1, 0.15) is 37.2 Å². The van der Waals surface area contributed by atoms with E-state index >= 15 is 0 Å². The number of rotatable bonds is 5. The highest BCUT2D eigenvalue weighted by atomic mass is 35.5. The zero-order valence-corrected chi connectivity index (χ0v) is 12.4. The summed E-state index contributed by atoms with van der Waals surface area (Å²) in [4.78, 5) is 0. The van der Waals surface area contributed by atoms with Gasteiger partial charge in [0.15, 0.2) is 0 Å². The van der Waals surface area contributed by atoms with Crippen LogP contribution in [0.25, 0.3) is 0 Å². The van der Waals surface area contributed by atoms with Gasteiger partial charge in [0.25, 0.3) is 0 Å². The SMILES string of the molecule is CNC(Cc1ccccc1)c1c(Cl)cnn1C(C)C. The molecule has 0 aliphatic carbocycles. The Kier molecular flexibility index (Phi) is 4.61. The Hall–Kier alpha value is -1.32. The fraction of sp³-hybridized carbons (Fsp3) is 0.400. The van der Waals surface area contributed by atoms with Crippen LogP contribution in [-0.4, -0.2) is 16.8 Å². The molecular weight excluding hydrogens is 258 g/mol. The summed E-state index contributed by atoms with van der Waals surface area (Å²) in [5, 5.41) is 8.44. The minimum Gasteiger partial charge on any atom is -0.311 e. The van der Waals surface area contributed by atoms with E-state index in [0.717, 1.165) is 17.1 Å². The standard InChI is InChI=1S/C15H20ClN3/c1-11(2)19-15(13(16)10-18-19)14(17-3)9-12-7-5-4-6-8-12/h4-8,10-11,14,17H,9H2,1-3H3. The van der Waals surface area contributed by atoms with E-state index in [1.807, 2.05) is 17.8 Å². The summed E-state index contributed by atoms with van der Waals surface area (Å²) in [7, 11) is 1.96. The number of benzene rings is 1. The quantitative estimate of drug-likeness (QED) is 0.905. The third-order valence-electron chi connectivity index (χ3n) is 3.24. The maximum absolute atomic E-state index is 6.31. The fourth-order valence-electron chi connectivity index (χ4n) is 2.27. The first-order chi connectivity index (χ1) is 9.13. The van der Waals surface area contributed by atoms with E-state index in [0.29, 0.717) is 6.04 Å². The van der Waals surface area contributed by atoms with Crippen molar-refractivity contribution in [2.24, 2.45) is 0 Å². The molecule has 2 rings (SSSR count). The van der Waals surface area contributed by atoms with Gasteiger partial charge < -0.3 is 5.32 Å². The van der Waals surface area contributed by atoms with Crippen molar-refractivity contribution in [1.29, 1.82) is 0 Å². The molecule has 3 nitrogen and oxygen atoms in total. The molecule has 19 heavy (non-hydrogen) atoms. The van der Waals surface area contributed by atoms with Gasteiger partial charge in [-0.25, -0.2) is 0 Å². The average Bonchev–Trinajstić information content (AvgIpc) is 2.79. The lowest BCUT2D eigenvalue weighted by Crippen LogP contribution is -2.23. The zero-order chi connectivity index (χ0) is 13.8. The molecule has 0 bridgehead atoms. The molecule has 0 amide bonds. The first kappa shape index (κ1) is 14.1. The van der Waals surface area contributed by atoms with E-state index in [-0.39, 0.29) is 6.04 Å². The van der Waals surface area contributed by atoms with E-state index in [1.54, 1.807) is 6.20 Å². The Morgan fingerprint density at radius 1 is 1.26 bits per heavy atom. The molecule has 1 N–H and O–H groups in total. The molecule has 0 saturated carbocycles. The molecule has 1 heterocycles. The number of nitrogens with one attached hydrogen (secondary N) is 1. The minimum absolute atomic E-state index is 0.166. The normalized spacial score (nSPS) is 12.9. The van der Waals surface area contributed by atoms with E-state index in [1.165, 1.54) is 5.56 Å². The molecule has 0 saturated heterocycles. The molecule has 2 aromatic rings. The van der Waals surface area contributed by atoms with Crippen molar-refractivity contribution in [3.8, 4) is 0 Å². The molecule has 0 spiro atoms. The summed E-state index contributed by atoms with van der Waals surface area (Å²) in [6.07, 6.45) is 2.63. The summed E-state index contributed by atoms with van der Waals surface area (Å²) in [5.41, 5.74) is 2.34. The minimum atomic E-state index is 0.166. The van der Waals surface area contributed by atoms with Crippen molar-refractivity contribution >= 4 is 11.6 Å². The van der Waals surface area contributed by atoms with Crippen LogP contribution >= 0.6 is 11.6 Å². The summed E-state index contributed by atoms with van der Waals surface area (Å²) in [6.45, 7) is 4.23. The van der Waals surface area contributed by atoms with Gasteiger partial charge >= 0.3 is 0 Å². The van der Waals surface area contributed by atoms with E-state index < -0.39 is 0 Å². The van der Waals surface area contributed by atoms with Gasteiger partial charge in [-0.1, -0.05) is 41.9 Å². The molecule has 0 fully saturated rings. The lowest BCUT2D eigenvalue weighted by Gasteiger charge is -2.20. The summed E-state index contributed by atoms with van der Waals surface area (Å²) in [5.74, 6) is 0. The Balaban J connectivity index is 2.29. The molecule has 1 unspecified atom stereocenters.